The lowest BCUT2D eigenvalue weighted by atomic mass is 10.3. The molecule has 1 saturated heterocycles. The summed E-state index contributed by atoms with van der Waals surface area (Å²) in [7, 11) is 0. The average molecular weight is 299 g/mol. The van der Waals surface area contributed by atoms with Crippen LogP contribution in [0.5, 0.6) is 0 Å². The second-order valence-electron chi connectivity index (χ2n) is 4.88. The van der Waals surface area contributed by atoms with Crippen molar-refractivity contribution in [3.63, 3.8) is 0 Å². The molecule has 1 atom stereocenters. The first-order valence-electron chi connectivity index (χ1n) is 6.00. The van der Waals surface area contributed by atoms with Crippen molar-refractivity contribution in [2.75, 3.05) is 13.1 Å². The van der Waals surface area contributed by atoms with Crippen molar-refractivity contribution in [2.45, 2.75) is 31.4 Å². The summed E-state index contributed by atoms with van der Waals surface area (Å²) in [5.41, 5.74) is 0.744. The molecule has 1 aliphatic carbocycles. The zero-order valence-electron chi connectivity index (χ0n) is 9.47. The minimum Gasteiger partial charge on any atom is -0.391 e. The van der Waals surface area contributed by atoms with Crippen molar-refractivity contribution >= 4 is 21.8 Å². The van der Waals surface area contributed by atoms with Gasteiger partial charge in [-0.3, -0.25) is 4.79 Å². The van der Waals surface area contributed by atoms with Crippen molar-refractivity contribution in [3.8, 4) is 0 Å². The lowest BCUT2D eigenvalue weighted by Gasteiger charge is -2.16. The Morgan fingerprint density at radius 2 is 2.18 bits per heavy atom. The SMILES string of the molecule is O=C(c1cc(Br)cn1C1CC1)N1CC[C@@H](O)C1. The number of aromatic nitrogens is 1. The molecule has 4 nitrogen and oxygen atoms in total. The first kappa shape index (κ1) is 11.3. The highest BCUT2D eigenvalue weighted by atomic mass is 79.9. The molecular formula is C12H15BrN2O2. The molecular weight excluding hydrogens is 284 g/mol. The Bertz CT molecular complexity index is 453. The van der Waals surface area contributed by atoms with E-state index >= 15 is 0 Å². The summed E-state index contributed by atoms with van der Waals surface area (Å²) in [6, 6.07) is 2.37. The molecule has 0 spiro atoms. The van der Waals surface area contributed by atoms with Crippen molar-refractivity contribution in [1.82, 2.24) is 9.47 Å². The van der Waals surface area contributed by atoms with E-state index in [1.54, 1.807) is 4.90 Å². The van der Waals surface area contributed by atoms with Gasteiger partial charge in [-0.15, -0.1) is 0 Å². The molecule has 17 heavy (non-hydrogen) atoms. The van der Waals surface area contributed by atoms with Gasteiger partial charge in [0.05, 0.1) is 6.10 Å². The number of halogens is 1. The van der Waals surface area contributed by atoms with Crippen LogP contribution >= 0.6 is 15.9 Å². The van der Waals surface area contributed by atoms with Crippen molar-refractivity contribution < 1.29 is 9.90 Å². The molecule has 1 aliphatic heterocycles. The van der Waals surface area contributed by atoms with Crippen LogP contribution in [0.25, 0.3) is 0 Å². The van der Waals surface area contributed by atoms with E-state index < -0.39 is 0 Å². The predicted octanol–water partition coefficient (Wildman–Crippen LogP) is 1.79. The monoisotopic (exact) mass is 298 g/mol. The Morgan fingerprint density at radius 1 is 1.41 bits per heavy atom. The molecule has 3 rings (SSSR count). The number of likely N-dealkylation sites (tertiary alicyclic amines) is 1. The van der Waals surface area contributed by atoms with Crippen molar-refractivity contribution in [2.24, 2.45) is 0 Å². The van der Waals surface area contributed by atoms with E-state index in [1.165, 1.54) is 0 Å². The fourth-order valence-electron chi connectivity index (χ4n) is 2.36. The molecule has 0 bridgehead atoms. The van der Waals surface area contributed by atoms with E-state index in [2.05, 4.69) is 20.5 Å². The fourth-order valence-corrected chi connectivity index (χ4v) is 2.80. The Labute approximate surface area is 108 Å². The van der Waals surface area contributed by atoms with E-state index in [0.717, 1.165) is 23.0 Å². The van der Waals surface area contributed by atoms with E-state index in [-0.39, 0.29) is 12.0 Å². The normalized spacial score (nSPS) is 24.4. The third kappa shape index (κ3) is 2.13. The summed E-state index contributed by atoms with van der Waals surface area (Å²) < 4.78 is 3.02. The second kappa shape index (κ2) is 4.14. The van der Waals surface area contributed by atoms with Gasteiger partial charge in [-0.1, -0.05) is 0 Å². The second-order valence-corrected chi connectivity index (χ2v) is 5.79. The Balaban J connectivity index is 1.85. The van der Waals surface area contributed by atoms with E-state index in [1.807, 2.05) is 12.3 Å². The van der Waals surface area contributed by atoms with Gasteiger partial charge in [0, 0.05) is 29.8 Å². The lowest BCUT2D eigenvalue weighted by Crippen LogP contribution is -2.31. The van der Waals surface area contributed by atoms with E-state index in [9.17, 15) is 9.90 Å². The largest absolute Gasteiger partial charge is 0.391 e. The lowest BCUT2D eigenvalue weighted by molar-refractivity contribution is 0.0754. The van der Waals surface area contributed by atoms with Crippen LogP contribution in [-0.4, -0.2) is 39.7 Å². The molecule has 5 heteroatoms. The summed E-state index contributed by atoms with van der Waals surface area (Å²) >= 11 is 3.43. The molecule has 0 radical (unpaired) electrons. The smallest absolute Gasteiger partial charge is 0.270 e. The highest BCUT2D eigenvalue weighted by Crippen LogP contribution is 2.37. The zero-order chi connectivity index (χ0) is 12.0. The molecule has 1 aromatic heterocycles. The molecule has 0 unspecified atom stereocenters. The van der Waals surface area contributed by atoms with Crippen LogP contribution in [-0.2, 0) is 0 Å². The number of hydrogen-bond donors (Lipinski definition) is 1. The molecule has 1 aromatic rings. The van der Waals surface area contributed by atoms with Crippen LogP contribution in [0.15, 0.2) is 16.7 Å². The van der Waals surface area contributed by atoms with Gasteiger partial charge in [0.15, 0.2) is 0 Å². The third-order valence-corrected chi connectivity index (χ3v) is 3.86. The van der Waals surface area contributed by atoms with Crippen molar-refractivity contribution in [3.05, 3.63) is 22.4 Å². The summed E-state index contributed by atoms with van der Waals surface area (Å²) in [6.45, 7) is 1.12. The first-order chi connectivity index (χ1) is 8.15. The summed E-state index contributed by atoms with van der Waals surface area (Å²) in [6.07, 6.45) is 4.63. The molecule has 1 saturated carbocycles. The highest BCUT2D eigenvalue weighted by Gasteiger charge is 2.31. The van der Waals surface area contributed by atoms with Crippen LogP contribution in [0.3, 0.4) is 0 Å². The number of amides is 1. The number of rotatable bonds is 2. The van der Waals surface area contributed by atoms with Crippen LogP contribution in [0.2, 0.25) is 0 Å². The maximum Gasteiger partial charge on any atom is 0.270 e. The Hall–Kier alpha value is -0.810. The quantitative estimate of drug-likeness (QED) is 0.905. The van der Waals surface area contributed by atoms with Gasteiger partial charge in [0.1, 0.15) is 5.69 Å². The van der Waals surface area contributed by atoms with E-state index in [0.29, 0.717) is 25.6 Å². The zero-order valence-corrected chi connectivity index (χ0v) is 11.1. The van der Waals surface area contributed by atoms with Crippen LogP contribution in [0, 0.1) is 0 Å². The number of aliphatic hydroxyl groups excluding tert-OH is 1. The molecule has 1 amide bonds. The van der Waals surface area contributed by atoms with Gasteiger partial charge >= 0.3 is 0 Å². The minimum atomic E-state index is -0.355. The Morgan fingerprint density at radius 3 is 2.76 bits per heavy atom. The standard InChI is InChI=1S/C12H15BrN2O2/c13-8-5-11(15(6-8)9-1-2-9)12(17)14-4-3-10(16)7-14/h5-6,9-10,16H,1-4,7H2/t10-/m1/s1. The predicted molar refractivity (Wildman–Crippen MR) is 66.9 cm³/mol. The van der Waals surface area contributed by atoms with Crippen LogP contribution < -0.4 is 0 Å². The molecule has 1 N–H and O–H groups in total. The van der Waals surface area contributed by atoms with Gasteiger partial charge in [-0.05, 0) is 41.3 Å². The number of hydrogen-bond acceptors (Lipinski definition) is 2. The molecule has 92 valence electrons. The number of β-amino-alcohol motifs (C(OH)–C–C–N with tert-alkyl or cyclic N) is 1. The number of aliphatic hydroxyl groups is 1. The average Bonchev–Trinajstić information content (AvgIpc) is 2.94. The summed E-state index contributed by atoms with van der Waals surface area (Å²) in [5.74, 6) is 0.0409. The number of nitrogens with zero attached hydrogens (tertiary/aromatic N) is 2. The summed E-state index contributed by atoms with van der Waals surface area (Å²) in [4.78, 5) is 14.1. The molecule has 0 aromatic carbocycles. The minimum absolute atomic E-state index is 0.0409. The third-order valence-electron chi connectivity index (χ3n) is 3.43. The number of carbonyl (C=O) groups excluding carboxylic acids is 1. The van der Waals surface area contributed by atoms with Crippen LogP contribution in [0.1, 0.15) is 35.8 Å². The van der Waals surface area contributed by atoms with Gasteiger partial charge in [-0.25, -0.2) is 0 Å². The van der Waals surface area contributed by atoms with Crippen molar-refractivity contribution in [1.29, 1.82) is 0 Å². The van der Waals surface area contributed by atoms with E-state index in [4.69, 9.17) is 0 Å². The maximum atomic E-state index is 12.3. The first-order valence-corrected chi connectivity index (χ1v) is 6.79. The molecule has 2 heterocycles. The highest BCUT2D eigenvalue weighted by molar-refractivity contribution is 9.10. The van der Waals surface area contributed by atoms with Gasteiger partial charge < -0.3 is 14.6 Å². The molecule has 2 fully saturated rings. The topological polar surface area (TPSA) is 45.5 Å². The number of carbonyl (C=O) groups is 1. The molecule has 2 aliphatic rings. The van der Waals surface area contributed by atoms with Gasteiger partial charge in [0.25, 0.3) is 5.91 Å². The fraction of sp³-hybridized carbons (Fsp3) is 0.583. The summed E-state index contributed by atoms with van der Waals surface area (Å²) in [5, 5.41) is 9.48. The van der Waals surface area contributed by atoms with Gasteiger partial charge in [0.2, 0.25) is 0 Å². The maximum absolute atomic E-state index is 12.3. The van der Waals surface area contributed by atoms with Crippen LogP contribution in [0.4, 0.5) is 0 Å². The van der Waals surface area contributed by atoms with Gasteiger partial charge in [-0.2, -0.15) is 0 Å². The Kier molecular flexibility index (Phi) is 2.75.